The first kappa shape index (κ1) is 15.9. The van der Waals surface area contributed by atoms with Gasteiger partial charge in [0, 0.05) is 33.9 Å². The highest BCUT2D eigenvalue weighted by Gasteiger charge is 2.15. The molecule has 0 radical (unpaired) electrons. The van der Waals surface area contributed by atoms with Crippen molar-refractivity contribution in [1.82, 2.24) is 4.98 Å². The van der Waals surface area contributed by atoms with Gasteiger partial charge >= 0.3 is 0 Å². The summed E-state index contributed by atoms with van der Waals surface area (Å²) in [7, 11) is -1.10. The van der Waals surface area contributed by atoms with E-state index in [4.69, 9.17) is 5.26 Å². The van der Waals surface area contributed by atoms with E-state index in [-0.39, 0.29) is 17.8 Å². The number of aromatic nitrogens is 1. The maximum absolute atomic E-state index is 12.1. The highest BCUT2D eigenvalue weighted by molar-refractivity contribution is 7.84. The second-order valence-corrected chi connectivity index (χ2v) is 6.05. The van der Waals surface area contributed by atoms with Crippen LogP contribution in [0.5, 0.6) is 0 Å². The molecule has 1 N–H and O–H groups in total. The van der Waals surface area contributed by atoms with E-state index in [0.717, 1.165) is 0 Å². The van der Waals surface area contributed by atoms with Gasteiger partial charge in [-0.05, 0) is 23.8 Å². The fourth-order valence-corrected chi connectivity index (χ4v) is 2.58. The molecule has 22 heavy (non-hydrogen) atoms. The lowest BCUT2D eigenvalue weighted by Crippen LogP contribution is -2.15. The molecule has 5 nitrogen and oxygen atoms in total. The summed E-state index contributed by atoms with van der Waals surface area (Å²) in [5.41, 5.74) is 0.695. The molecule has 1 atom stereocenters. The van der Waals surface area contributed by atoms with Gasteiger partial charge in [-0.2, -0.15) is 5.26 Å². The Morgan fingerprint density at radius 2 is 1.95 bits per heavy atom. The summed E-state index contributed by atoms with van der Waals surface area (Å²) in [5.74, 6) is -0.161. The number of aromatic amines is 1. The van der Waals surface area contributed by atoms with E-state index in [1.807, 2.05) is 0 Å². The Morgan fingerprint density at radius 3 is 2.45 bits per heavy atom. The van der Waals surface area contributed by atoms with Crippen LogP contribution in [0.1, 0.15) is 29.3 Å². The first-order chi connectivity index (χ1) is 10.5. The van der Waals surface area contributed by atoms with Crippen molar-refractivity contribution in [2.75, 3.05) is 6.26 Å². The summed E-state index contributed by atoms with van der Waals surface area (Å²) >= 11 is 0. The smallest absolute Gasteiger partial charge is 0.266 e. The van der Waals surface area contributed by atoms with Crippen LogP contribution in [0.2, 0.25) is 0 Å². The quantitative estimate of drug-likeness (QED) is 0.876. The van der Waals surface area contributed by atoms with E-state index in [9.17, 15) is 13.8 Å². The molecule has 1 heterocycles. The maximum atomic E-state index is 12.1. The zero-order valence-electron chi connectivity index (χ0n) is 12.2. The Hall–Kier alpha value is -2.52. The van der Waals surface area contributed by atoms with Gasteiger partial charge in [-0.1, -0.05) is 19.1 Å². The number of Topliss-reactive ketones (excluding diaryl/α,β-unsaturated/α-hetero) is 1. The first-order valence-corrected chi connectivity index (χ1v) is 8.18. The predicted octanol–water partition coefficient (Wildman–Crippen LogP) is 2.24. The lowest BCUT2D eigenvalue weighted by Gasteiger charge is -2.09. The first-order valence-electron chi connectivity index (χ1n) is 6.62. The van der Waals surface area contributed by atoms with E-state index in [0.29, 0.717) is 21.7 Å². The summed E-state index contributed by atoms with van der Waals surface area (Å²) < 4.78 is 11.4. The Balaban J connectivity index is 2.65. The third kappa shape index (κ3) is 3.05. The van der Waals surface area contributed by atoms with Crippen LogP contribution in [0.15, 0.2) is 40.0 Å². The maximum Gasteiger partial charge on any atom is 0.266 e. The summed E-state index contributed by atoms with van der Waals surface area (Å²) in [4.78, 5) is 27.2. The van der Waals surface area contributed by atoms with Gasteiger partial charge in [0.1, 0.15) is 11.6 Å². The van der Waals surface area contributed by atoms with Crippen LogP contribution in [0.3, 0.4) is 0 Å². The number of carbonyl (C=O) groups excluding carboxylic acids is 1. The molecule has 0 spiro atoms. The zero-order chi connectivity index (χ0) is 16.3. The molecular formula is C16H14N2O3S. The Morgan fingerprint density at radius 1 is 1.32 bits per heavy atom. The van der Waals surface area contributed by atoms with E-state index in [2.05, 4.69) is 4.98 Å². The lowest BCUT2D eigenvalue weighted by atomic mass is 10.00. The summed E-state index contributed by atoms with van der Waals surface area (Å²) in [6, 6.07) is 9.86. The normalized spacial score (nSPS) is 11.7. The molecular weight excluding hydrogens is 300 g/mol. The van der Waals surface area contributed by atoms with Crippen molar-refractivity contribution >= 4 is 16.6 Å². The largest absolute Gasteiger partial charge is 0.320 e. The van der Waals surface area contributed by atoms with Crippen molar-refractivity contribution in [1.29, 1.82) is 5.26 Å². The van der Waals surface area contributed by atoms with Crippen LogP contribution in [-0.4, -0.2) is 21.2 Å². The van der Waals surface area contributed by atoms with E-state index >= 15 is 0 Å². The number of hydrogen-bond acceptors (Lipinski definition) is 4. The number of pyridine rings is 1. The van der Waals surface area contributed by atoms with Gasteiger partial charge in [-0.15, -0.1) is 0 Å². The Kier molecular flexibility index (Phi) is 4.68. The molecule has 0 saturated heterocycles. The Labute approximate surface area is 130 Å². The van der Waals surface area contributed by atoms with Crippen molar-refractivity contribution < 1.29 is 9.00 Å². The number of ketones is 1. The number of nitrogens with one attached hydrogen (secondary N) is 1. The monoisotopic (exact) mass is 314 g/mol. The summed E-state index contributed by atoms with van der Waals surface area (Å²) in [6.45, 7) is 1.71. The second kappa shape index (κ2) is 6.50. The van der Waals surface area contributed by atoms with Crippen molar-refractivity contribution in [2.45, 2.75) is 18.2 Å². The average Bonchev–Trinajstić information content (AvgIpc) is 2.53. The topological polar surface area (TPSA) is 90.8 Å². The molecule has 0 aliphatic carbocycles. The van der Waals surface area contributed by atoms with Gasteiger partial charge in [0.2, 0.25) is 0 Å². The minimum absolute atomic E-state index is 0.0909. The number of rotatable bonds is 4. The number of hydrogen-bond donors (Lipinski definition) is 1. The van der Waals surface area contributed by atoms with Crippen molar-refractivity contribution in [3.05, 3.63) is 51.8 Å². The van der Waals surface area contributed by atoms with E-state index in [1.54, 1.807) is 43.5 Å². The van der Waals surface area contributed by atoms with Crippen LogP contribution in [-0.2, 0) is 10.8 Å². The molecule has 0 aliphatic rings. The third-order valence-corrected chi connectivity index (χ3v) is 4.19. The van der Waals surface area contributed by atoms with E-state index < -0.39 is 16.4 Å². The average molecular weight is 314 g/mol. The molecule has 2 aromatic rings. The highest BCUT2D eigenvalue weighted by atomic mass is 32.2. The fraction of sp³-hybridized carbons (Fsp3) is 0.188. The standard InChI is InChI=1S/C16H14N2O3S/c1-3-14(19)13-8-11(9-17)16(20)18-15(13)10-4-6-12(7-5-10)22(2)21/h4-8H,3H2,1-2H3,(H,18,20). The molecule has 1 aromatic carbocycles. The van der Waals surface area contributed by atoms with Crippen LogP contribution >= 0.6 is 0 Å². The minimum atomic E-state index is -1.10. The molecule has 0 aliphatic heterocycles. The van der Waals surface area contributed by atoms with Gasteiger partial charge in [-0.25, -0.2) is 0 Å². The SMILES string of the molecule is CCC(=O)c1cc(C#N)c(=O)[nH]c1-c1ccc(S(C)=O)cc1. The number of H-pyrrole nitrogens is 1. The van der Waals surface area contributed by atoms with Gasteiger partial charge < -0.3 is 4.98 Å². The molecule has 2 rings (SSSR count). The van der Waals surface area contributed by atoms with Gasteiger partial charge in [0.15, 0.2) is 5.78 Å². The molecule has 0 amide bonds. The molecule has 112 valence electrons. The third-order valence-electron chi connectivity index (χ3n) is 3.26. The molecule has 6 heteroatoms. The number of carbonyl (C=O) groups is 1. The van der Waals surface area contributed by atoms with Crippen LogP contribution in [0.25, 0.3) is 11.3 Å². The summed E-state index contributed by atoms with van der Waals surface area (Å²) in [6.07, 6.45) is 1.84. The Bertz CT molecular complexity index is 845. The van der Waals surface area contributed by atoms with E-state index in [1.165, 1.54) is 6.07 Å². The predicted molar refractivity (Wildman–Crippen MR) is 84.2 cm³/mol. The highest BCUT2D eigenvalue weighted by Crippen LogP contribution is 2.23. The number of nitrogens with zero attached hydrogens (tertiary/aromatic N) is 1. The van der Waals surface area contributed by atoms with Gasteiger partial charge in [0.05, 0.1) is 5.69 Å². The van der Waals surface area contributed by atoms with Crippen LogP contribution in [0, 0.1) is 11.3 Å². The van der Waals surface area contributed by atoms with Crippen LogP contribution < -0.4 is 5.56 Å². The van der Waals surface area contributed by atoms with Gasteiger partial charge in [-0.3, -0.25) is 13.8 Å². The summed E-state index contributed by atoms with van der Waals surface area (Å²) in [5, 5.41) is 8.94. The molecule has 1 aromatic heterocycles. The molecule has 1 unspecified atom stereocenters. The van der Waals surface area contributed by atoms with Crippen LogP contribution in [0.4, 0.5) is 0 Å². The van der Waals surface area contributed by atoms with Crippen molar-refractivity contribution in [2.24, 2.45) is 0 Å². The lowest BCUT2D eigenvalue weighted by molar-refractivity contribution is 0.0988. The van der Waals surface area contributed by atoms with Crippen molar-refractivity contribution in [3.8, 4) is 17.3 Å². The second-order valence-electron chi connectivity index (χ2n) is 4.67. The molecule has 0 fully saturated rings. The molecule has 0 saturated carbocycles. The fourth-order valence-electron chi connectivity index (χ4n) is 2.06. The number of benzene rings is 1. The zero-order valence-corrected chi connectivity index (χ0v) is 13.0. The van der Waals surface area contributed by atoms with Crippen molar-refractivity contribution in [3.63, 3.8) is 0 Å². The molecule has 0 bridgehead atoms. The number of nitriles is 1. The minimum Gasteiger partial charge on any atom is -0.320 e. The van der Waals surface area contributed by atoms with Gasteiger partial charge in [0.25, 0.3) is 5.56 Å².